The molecule has 3 N–H and O–H groups in total. The number of anilines is 1. The van der Waals surface area contributed by atoms with Crippen LogP contribution in [0.1, 0.15) is 24.0 Å². The SMILES string of the molecule is C=C/C=C(/Cn1c(Cn2nc(/C(C=C)=C/C(O)=C\C)c3c(N)ncnc32)nc2cccc(C#CSC)c2c1=O)C(=C)Cl. The zero-order valence-electron chi connectivity index (χ0n) is 23.1. The van der Waals surface area contributed by atoms with E-state index < -0.39 is 0 Å². The van der Waals surface area contributed by atoms with Crippen molar-refractivity contribution in [3.63, 3.8) is 0 Å². The summed E-state index contributed by atoms with van der Waals surface area (Å²) in [6, 6.07) is 5.36. The van der Waals surface area contributed by atoms with Gasteiger partial charge in [0.15, 0.2) is 5.65 Å². The molecular weight excluding hydrogens is 570 g/mol. The molecule has 42 heavy (non-hydrogen) atoms. The first-order valence-corrected chi connectivity index (χ1v) is 14.2. The summed E-state index contributed by atoms with van der Waals surface area (Å²) in [6.45, 7) is 13.3. The van der Waals surface area contributed by atoms with Crippen LogP contribution < -0.4 is 11.3 Å². The maximum absolute atomic E-state index is 14.1. The van der Waals surface area contributed by atoms with Crippen molar-refractivity contribution in [1.29, 1.82) is 0 Å². The van der Waals surface area contributed by atoms with Crippen LogP contribution in [0.25, 0.3) is 27.5 Å². The molecule has 0 saturated heterocycles. The van der Waals surface area contributed by atoms with E-state index >= 15 is 0 Å². The quantitative estimate of drug-likeness (QED) is 0.142. The second-order valence-corrected chi connectivity index (χ2v) is 9.93. The highest BCUT2D eigenvalue weighted by Gasteiger charge is 2.21. The molecule has 3 heterocycles. The Labute approximate surface area is 252 Å². The predicted octanol–water partition coefficient (Wildman–Crippen LogP) is 5.73. The van der Waals surface area contributed by atoms with Crippen molar-refractivity contribution in [2.45, 2.75) is 20.0 Å². The summed E-state index contributed by atoms with van der Waals surface area (Å²) < 4.78 is 3.10. The lowest BCUT2D eigenvalue weighted by atomic mass is 10.1. The van der Waals surface area contributed by atoms with Gasteiger partial charge in [-0.2, -0.15) is 5.10 Å². The molecular formula is C31H28ClN7O2S. The molecule has 0 aliphatic rings. The summed E-state index contributed by atoms with van der Waals surface area (Å²) >= 11 is 7.65. The molecule has 0 bridgehead atoms. The Morgan fingerprint density at radius 1 is 1.26 bits per heavy atom. The highest BCUT2D eigenvalue weighted by Crippen LogP contribution is 2.29. The van der Waals surface area contributed by atoms with Gasteiger partial charge in [0.25, 0.3) is 5.56 Å². The first kappa shape index (κ1) is 30.1. The van der Waals surface area contributed by atoms with Crippen LogP contribution in [0.3, 0.4) is 0 Å². The number of nitrogen functional groups attached to an aromatic ring is 1. The molecule has 4 rings (SSSR count). The summed E-state index contributed by atoms with van der Waals surface area (Å²) in [5.41, 5.74) is 8.93. The molecule has 0 aliphatic heterocycles. The molecule has 0 spiro atoms. The van der Waals surface area contributed by atoms with Crippen LogP contribution in [-0.2, 0) is 13.1 Å². The van der Waals surface area contributed by atoms with E-state index in [0.717, 1.165) is 0 Å². The highest BCUT2D eigenvalue weighted by molar-refractivity contribution is 8.03. The first-order chi connectivity index (χ1) is 20.2. The summed E-state index contributed by atoms with van der Waals surface area (Å²) in [5, 5.41) is 19.0. The molecule has 212 valence electrons. The number of allylic oxidation sites excluding steroid dienone is 8. The van der Waals surface area contributed by atoms with Gasteiger partial charge in [-0.3, -0.25) is 9.36 Å². The maximum Gasteiger partial charge on any atom is 0.263 e. The zero-order valence-corrected chi connectivity index (χ0v) is 24.7. The molecule has 1 aromatic carbocycles. The lowest BCUT2D eigenvalue weighted by Crippen LogP contribution is -2.28. The molecule has 11 heteroatoms. The monoisotopic (exact) mass is 597 g/mol. The van der Waals surface area contributed by atoms with Gasteiger partial charge in [0.1, 0.15) is 36.0 Å². The Hall–Kier alpha value is -4.85. The Balaban J connectivity index is 2.02. The number of hydrogen-bond donors (Lipinski definition) is 2. The van der Waals surface area contributed by atoms with E-state index in [1.54, 1.807) is 48.0 Å². The average Bonchev–Trinajstić information content (AvgIpc) is 3.34. The second kappa shape index (κ2) is 13.2. The largest absolute Gasteiger partial charge is 0.508 e. The number of nitrogens with zero attached hydrogens (tertiary/aromatic N) is 6. The normalized spacial score (nSPS) is 12.3. The number of rotatable bonds is 9. The number of hydrogen-bond acceptors (Lipinski definition) is 8. The summed E-state index contributed by atoms with van der Waals surface area (Å²) in [5.74, 6) is 3.65. The van der Waals surface area contributed by atoms with Gasteiger partial charge in [-0.05, 0) is 48.3 Å². The van der Waals surface area contributed by atoms with E-state index in [1.165, 1.54) is 34.8 Å². The van der Waals surface area contributed by atoms with E-state index in [9.17, 15) is 9.90 Å². The topological polar surface area (TPSA) is 125 Å². The van der Waals surface area contributed by atoms with Crippen molar-refractivity contribution in [2.75, 3.05) is 12.0 Å². The maximum atomic E-state index is 14.1. The van der Waals surface area contributed by atoms with Gasteiger partial charge in [-0.1, -0.05) is 73.3 Å². The number of aromatic nitrogens is 6. The average molecular weight is 598 g/mol. The van der Waals surface area contributed by atoms with Gasteiger partial charge >= 0.3 is 0 Å². The van der Waals surface area contributed by atoms with Crippen LogP contribution >= 0.6 is 23.4 Å². The third-order valence-corrected chi connectivity index (χ3v) is 6.84. The fourth-order valence-electron chi connectivity index (χ4n) is 4.29. The van der Waals surface area contributed by atoms with Crippen molar-refractivity contribution in [1.82, 2.24) is 29.3 Å². The van der Waals surface area contributed by atoms with Gasteiger partial charge in [0.05, 0.1) is 22.8 Å². The van der Waals surface area contributed by atoms with Crippen LogP contribution in [0.2, 0.25) is 0 Å². The predicted molar refractivity (Wildman–Crippen MR) is 173 cm³/mol. The lowest BCUT2D eigenvalue weighted by molar-refractivity contribution is 0.432. The molecule has 0 aliphatic carbocycles. The van der Waals surface area contributed by atoms with Crippen LogP contribution in [0.5, 0.6) is 0 Å². The van der Waals surface area contributed by atoms with Gasteiger partial charge in [-0.15, -0.1) is 0 Å². The summed E-state index contributed by atoms with van der Waals surface area (Å²) in [7, 11) is 0. The number of thioether (sulfide) groups is 1. The highest BCUT2D eigenvalue weighted by atomic mass is 35.5. The van der Waals surface area contributed by atoms with Gasteiger partial charge in [0.2, 0.25) is 0 Å². The van der Waals surface area contributed by atoms with E-state index in [4.69, 9.17) is 27.4 Å². The molecule has 0 radical (unpaired) electrons. The minimum absolute atomic E-state index is 0.0243. The van der Waals surface area contributed by atoms with Crippen LogP contribution in [0, 0.1) is 11.2 Å². The molecule has 4 aromatic rings. The zero-order chi connectivity index (χ0) is 30.4. The van der Waals surface area contributed by atoms with Gasteiger partial charge in [-0.25, -0.2) is 19.6 Å². The van der Waals surface area contributed by atoms with E-state index in [1.807, 2.05) is 6.26 Å². The number of halogens is 1. The minimum atomic E-state index is -0.301. The molecule has 3 aromatic heterocycles. The minimum Gasteiger partial charge on any atom is -0.508 e. The smallest absolute Gasteiger partial charge is 0.263 e. The number of fused-ring (bicyclic) bond motifs is 2. The molecule has 0 unspecified atom stereocenters. The standard InChI is InChI=1S/C31H28ClN7O2S/c1-6-10-22(19(4)32)16-38-25(36-24-12-9-11-21(13-14-42-5)26(24)31(38)41)17-39-30-27(29(33)34-18-35-30)28(37-39)20(7-2)15-23(40)8-3/h6-12,15,18,40H,1-2,4,16-17H2,3,5H3,(H2,33,34,35)/b20-15+,22-10-,23-8+. The number of aliphatic hydroxyl groups is 1. The Kier molecular flexibility index (Phi) is 9.47. The summed E-state index contributed by atoms with van der Waals surface area (Å²) in [4.78, 5) is 27.6. The molecule has 0 amide bonds. The molecule has 9 nitrogen and oxygen atoms in total. The van der Waals surface area contributed by atoms with Crippen molar-refractivity contribution in [3.05, 3.63) is 118 Å². The molecule has 0 atom stereocenters. The fraction of sp³-hybridized carbons (Fsp3) is 0.129. The third-order valence-electron chi connectivity index (χ3n) is 6.29. The summed E-state index contributed by atoms with van der Waals surface area (Å²) in [6.07, 6.45) is 11.1. The number of aliphatic hydroxyl groups excluding tert-OH is 1. The Morgan fingerprint density at radius 3 is 2.71 bits per heavy atom. The third kappa shape index (κ3) is 6.07. The van der Waals surface area contributed by atoms with E-state index in [0.29, 0.717) is 50.2 Å². The van der Waals surface area contributed by atoms with Gasteiger partial charge in [0, 0.05) is 16.2 Å². The molecule has 0 saturated carbocycles. The van der Waals surface area contributed by atoms with Crippen molar-refractivity contribution >= 4 is 56.7 Å². The van der Waals surface area contributed by atoms with Crippen molar-refractivity contribution < 1.29 is 5.11 Å². The van der Waals surface area contributed by atoms with Gasteiger partial charge < -0.3 is 10.8 Å². The Bertz CT molecular complexity index is 1960. The Morgan fingerprint density at radius 2 is 2.05 bits per heavy atom. The molecule has 0 fully saturated rings. The van der Waals surface area contributed by atoms with E-state index in [2.05, 4.69) is 40.9 Å². The number of benzene rings is 1. The second-order valence-electron chi connectivity index (χ2n) is 8.86. The van der Waals surface area contributed by atoms with E-state index in [-0.39, 0.29) is 35.3 Å². The van der Waals surface area contributed by atoms with Crippen LogP contribution in [0.4, 0.5) is 5.82 Å². The van der Waals surface area contributed by atoms with Crippen LogP contribution in [0.15, 0.2) is 95.8 Å². The fourth-order valence-corrected chi connectivity index (χ4v) is 4.62. The van der Waals surface area contributed by atoms with Crippen molar-refractivity contribution in [3.8, 4) is 11.2 Å². The number of nitrogens with two attached hydrogens (primary N) is 1. The lowest BCUT2D eigenvalue weighted by Gasteiger charge is -2.16. The first-order valence-electron chi connectivity index (χ1n) is 12.6. The van der Waals surface area contributed by atoms with Crippen molar-refractivity contribution in [2.24, 2.45) is 0 Å². The van der Waals surface area contributed by atoms with Crippen LogP contribution in [-0.4, -0.2) is 40.7 Å².